The lowest BCUT2D eigenvalue weighted by Crippen LogP contribution is -2.64. The van der Waals surface area contributed by atoms with E-state index in [-0.39, 0.29) is 50.8 Å². The Morgan fingerprint density at radius 2 is 1.85 bits per heavy atom. The number of fused-ring (bicyclic) bond motifs is 3. The largest absolute Gasteiger partial charge is 0.508 e. The van der Waals surface area contributed by atoms with E-state index >= 15 is 8.78 Å². The number of nitrogens with zero attached hydrogens (tertiary/aromatic N) is 5. The fourth-order valence-corrected chi connectivity index (χ4v) is 9.82. The number of pyridine rings is 1. The third-order valence-electron chi connectivity index (χ3n) is 12.3. The predicted octanol–water partition coefficient (Wildman–Crippen LogP) is 6.24. The van der Waals surface area contributed by atoms with Crippen LogP contribution >= 0.6 is 0 Å². The van der Waals surface area contributed by atoms with E-state index in [0.29, 0.717) is 67.0 Å². The first-order valence-corrected chi connectivity index (χ1v) is 18.5. The molecule has 9 rings (SSSR count). The molecular formula is C40H43F2N5O5. The summed E-state index contributed by atoms with van der Waals surface area (Å²) in [6.07, 6.45) is 14.4. The van der Waals surface area contributed by atoms with Gasteiger partial charge >= 0.3 is 6.01 Å². The van der Waals surface area contributed by atoms with Gasteiger partial charge in [-0.25, -0.2) is 13.8 Å². The first-order valence-electron chi connectivity index (χ1n) is 18.5. The van der Waals surface area contributed by atoms with Gasteiger partial charge in [-0.05, 0) is 75.1 Å². The van der Waals surface area contributed by atoms with E-state index in [2.05, 4.69) is 15.8 Å². The topological polar surface area (TPSA) is 102 Å². The molecule has 4 aromatic rings. The van der Waals surface area contributed by atoms with Crippen molar-refractivity contribution in [3.8, 4) is 41.2 Å². The van der Waals surface area contributed by atoms with Crippen molar-refractivity contribution in [1.29, 1.82) is 0 Å². The van der Waals surface area contributed by atoms with Crippen LogP contribution in [-0.2, 0) is 9.47 Å². The number of rotatable bonds is 7. The van der Waals surface area contributed by atoms with E-state index < -0.39 is 11.6 Å². The Kier molecular flexibility index (Phi) is 8.36. The maximum absolute atomic E-state index is 17.2. The summed E-state index contributed by atoms with van der Waals surface area (Å²) in [7, 11) is 1.45. The molecule has 52 heavy (non-hydrogen) atoms. The number of anilines is 1. The number of methoxy groups -OCH3 is 1. The summed E-state index contributed by atoms with van der Waals surface area (Å²) in [6.45, 7) is 5.55. The highest BCUT2D eigenvalue weighted by Gasteiger charge is 2.56. The van der Waals surface area contributed by atoms with Gasteiger partial charge in [0.2, 0.25) is 5.88 Å². The Hall–Kier alpha value is -4.31. The van der Waals surface area contributed by atoms with Gasteiger partial charge in [-0.1, -0.05) is 18.4 Å². The number of phenols is 1. The number of terminal acetylenes is 1. The molecule has 1 spiro atoms. The Morgan fingerprint density at radius 3 is 2.63 bits per heavy atom. The van der Waals surface area contributed by atoms with Crippen molar-refractivity contribution in [2.45, 2.75) is 63.5 Å². The molecule has 2 atom stereocenters. The van der Waals surface area contributed by atoms with Gasteiger partial charge < -0.3 is 29.0 Å². The molecule has 2 saturated carbocycles. The average Bonchev–Trinajstić information content (AvgIpc) is 3.36. The summed E-state index contributed by atoms with van der Waals surface area (Å²) >= 11 is 0. The number of hydrogen-bond donors (Lipinski definition) is 1. The number of aromatic hydroxyl groups is 1. The molecule has 3 saturated heterocycles. The van der Waals surface area contributed by atoms with Gasteiger partial charge in [-0.15, -0.1) is 6.42 Å². The lowest BCUT2D eigenvalue weighted by molar-refractivity contribution is -0.196. The van der Waals surface area contributed by atoms with Gasteiger partial charge in [-0.2, -0.15) is 9.97 Å². The minimum Gasteiger partial charge on any atom is -0.508 e. The second-order valence-corrected chi connectivity index (χ2v) is 15.4. The number of aromatic nitrogens is 3. The predicted molar refractivity (Wildman–Crippen MR) is 192 cm³/mol. The van der Waals surface area contributed by atoms with E-state index in [1.165, 1.54) is 44.2 Å². The summed E-state index contributed by atoms with van der Waals surface area (Å²) in [5, 5.41) is 11.7. The quantitative estimate of drug-likeness (QED) is 0.222. The lowest BCUT2D eigenvalue weighted by Gasteiger charge is -2.60. The molecule has 0 radical (unpaired) electrons. The molecule has 5 fully saturated rings. The zero-order valence-corrected chi connectivity index (χ0v) is 29.4. The minimum atomic E-state index is -0.783. The number of hydrogen-bond acceptors (Lipinski definition) is 10. The van der Waals surface area contributed by atoms with E-state index in [9.17, 15) is 5.11 Å². The van der Waals surface area contributed by atoms with Gasteiger partial charge in [-0.3, -0.25) is 4.90 Å². The van der Waals surface area contributed by atoms with E-state index in [1.807, 2.05) is 4.90 Å². The fraction of sp³-hybridized carbons (Fsp3) is 0.525. The molecule has 5 aliphatic rings. The number of ether oxygens (including phenoxy) is 4. The van der Waals surface area contributed by atoms with Gasteiger partial charge in [0, 0.05) is 53.6 Å². The molecule has 2 aromatic carbocycles. The standard InChI is InChI=1S/C40H43F2N5O5/c1-3-27-29(41)9-8-24-17-26(48)18-28(31(24)27)34-33(42)35-32(37(43-34)49-2)36(46-12-6-15-50-16-14-46)45-38(44-35)52-23-40-10-4-7-30(40)47(13-5-11-40)25-19-39(20-25)21-51-22-39/h1,8-9,17-18,25,30,48H,4-7,10-16,19-23H2,2H3. The molecular weight excluding hydrogens is 668 g/mol. The summed E-state index contributed by atoms with van der Waals surface area (Å²) in [5.74, 6) is 1.36. The smallest absolute Gasteiger partial charge is 0.319 e. The van der Waals surface area contributed by atoms with E-state index in [0.717, 1.165) is 58.3 Å². The molecule has 10 nitrogen and oxygen atoms in total. The molecule has 5 heterocycles. The monoisotopic (exact) mass is 711 g/mol. The van der Waals surface area contributed by atoms with Crippen molar-refractivity contribution in [1.82, 2.24) is 19.9 Å². The van der Waals surface area contributed by atoms with Crippen LogP contribution in [-0.4, -0.2) is 96.8 Å². The molecule has 12 heteroatoms. The van der Waals surface area contributed by atoms with Gasteiger partial charge in [0.25, 0.3) is 0 Å². The molecule has 0 bridgehead atoms. The summed E-state index contributed by atoms with van der Waals surface area (Å²) in [4.78, 5) is 19.1. The highest BCUT2D eigenvalue weighted by Crippen LogP contribution is 2.55. The first kappa shape index (κ1) is 33.5. The van der Waals surface area contributed by atoms with Crippen molar-refractivity contribution < 1.29 is 32.8 Å². The number of halogens is 2. The van der Waals surface area contributed by atoms with Crippen LogP contribution in [0, 0.1) is 34.8 Å². The summed E-state index contributed by atoms with van der Waals surface area (Å²) < 4.78 is 56.0. The Morgan fingerprint density at radius 1 is 1.00 bits per heavy atom. The van der Waals surface area contributed by atoms with Gasteiger partial charge in [0.05, 0.1) is 39.1 Å². The third-order valence-corrected chi connectivity index (χ3v) is 12.3. The van der Waals surface area contributed by atoms with Crippen molar-refractivity contribution in [3.63, 3.8) is 0 Å². The Labute approximate surface area is 301 Å². The highest BCUT2D eigenvalue weighted by atomic mass is 19.1. The molecule has 2 aliphatic carbocycles. The van der Waals surface area contributed by atoms with Crippen molar-refractivity contribution in [2.24, 2.45) is 10.8 Å². The average molecular weight is 712 g/mol. The maximum Gasteiger partial charge on any atom is 0.319 e. The second-order valence-electron chi connectivity index (χ2n) is 15.4. The van der Waals surface area contributed by atoms with Gasteiger partial charge in [0.15, 0.2) is 5.82 Å². The number of phenolic OH excluding ortho intramolecular Hbond substituents is 1. The zero-order chi connectivity index (χ0) is 35.6. The molecule has 272 valence electrons. The summed E-state index contributed by atoms with van der Waals surface area (Å²) in [5.41, 5.74) is 0.183. The van der Waals surface area contributed by atoms with Crippen molar-refractivity contribution >= 4 is 27.5 Å². The molecule has 2 unspecified atom stereocenters. The van der Waals surface area contributed by atoms with Crippen LogP contribution in [0.1, 0.15) is 56.9 Å². The molecule has 1 N–H and O–H groups in total. The lowest BCUT2D eigenvalue weighted by atomic mass is 9.62. The van der Waals surface area contributed by atoms with Crippen molar-refractivity contribution in [2.75, 3.05) is 64.7 Å². The molecule has 3 aliphatic heterocycles. The van der Waals surface area contributed by atoms with E-state index in [4.69, 9.17) is 35.3 Å². The molecule has 0 amide bonds. The fourth-order valence-electron chi connectivity index (χ4n) is 9.82. The highest BCUT2D eigenvalue weighted by molar-refractivity contribution is 6.04. The first-order chi connectivity index (χ1) is 25.3. The van der Waals surface area contributed by atoms with Crippen LogP contribution in [0.4, 0.5) is 14.6 Å². The Bertz CT molecular complexity index is 2090. The van der Waals surface area contributed by atoms with Crippen LogP contribution in [0.5, 0.6) is 17.6 Å². The normalized spacial score (nSPS) is 24.7. The zero-order valence-electron chi connectivity index (χ0n) is 29.4. The van der Waals surface area contributed by atoms with Crippen LogP contribution < -0.4 is 14.4 Å². The minimum absolute atomic E-state index is 0.0398. The number of benzene rings is 2. The Balaban J connectivity index is 1.14. The van der Waals surface area contributed by atoms with Crippen LogP contribution in [0.3, 0.4) is 0 Å². The maximum atomic E-state index is 17.2. The SMILES string of the molecule is C#Cc1c(F)ccc2cc(O)cc(-c3nc(OC)c4c(N5CCCOCC5)nc(OCC56CCCC5N(C5CC7(COC7)C5)CCC6)nc4c3F)c12. The third kappa shape index (κ3) is 5.43. The van der Waals surface area contributed by atoms with Crippen molar-refractivity contribution in [3.05, 3.63) is 41.5 Å². The van der Waals surface area contributed by atoms with Crippen LogP contribution in [0.15, 0.2) is 24.3 Å². The summed E-state index contributed by atoms with van der Waals surface area (Å²) in [6, 6.07) is 6.59. The van der Waals surface area contributed by atoms with Crippen LogP contribution in [0.2, 0.25) is 0 Å². The number of piperidine rings is 1. The number of likely N-dealkylation sites (tertiary alicyclic amines) is 1. The second kappa shape index (κ2) is 13.0. The van der Waals surface area contributed by atoms with Gasteiger partial charge in [0.1, 0.15) is 34.0 Å². The molecule has 2 aromatic heterocycles. The van der Waals surface area contributed by atoms with Crippen LogP contribution in [0.25, 0.3) is 32.9 Å². The van der Waals surface area contributed by atoms with E-state index in [1.54, 1.807) is 0 Å².